The molecule has 0 radical (unpaired) electrons. The molecule has 6 nitrogen and oxygen atoms in total. The smallest absolute Gasteiger partial charge is 0.410 e. The number of halogens is 1. The fourth-order valence-corrected chi connectivity index (χ4v) is 3.24. The van der Waals surface area contributed by atoms with Gasteiger partial charge in [0.25, 0.3) is 0 Å². The molecule has 0 aromatic heterocycles. The molecular formula is C21H26ClN3O3. The van der Waals surface area contributed by atoms with Crippen LogP contribution in [0.1, 0.15) is 44.7 Å². The molecule has 1 aliphatic rings. The quantitative estimate of drug-likeness (QED) is 0.825. The Balaban J connectivity index is 1.99. The molecule has 1 aromatic rings. The molecule has 0 unspecified atom stereocenters. The van der Waals surface area contributed by atoms with Gasteiger partial charge in [-0.15, -0.1) is 0 Å². The van der Waals surface area contributed by atoms with Gasteiger partial charge in [-0.2, -0.15) is 5.26 Å². The number of nitrogens with one attached hydrogen (secondary N) is 1. The predicted molar refractivity (Wildman–Crippen MR) is 109 cm³/mol. The van der Waals surface area contributed by atoms with E-state index in [0.717, 1.165) is 11.1 Å². The first-order valence-corrected chi connectivity index (χ1v) is 9.56. The van der Waals surface area contributed by atoms with Crippen LogP contribution in [0.5, 0.6) is 0 Å². The molecule has 0 bridgehead atoms. The number of likely N-dealkylation sites (tertiary alicyclic amines) is 1. The van der Waals surface area contributed by atoms with Crippen molar-refractivity contribution in [3.8, 4) is 6.07 Å². The molecule has 7 heteroatoms. The topological polar surface area (TPSA) is 82.4 Å². The van der Waals surface area contributed by atoms with Crippen LogP contribution in [0.4, 0.5) is 4.79 Å². The van der Waals surface area contributed by atoms with E-state index in [-0.39, 0.29) is 12.3 Å². The fraction of sp³-hybridized carbons (Fsp3) is 0.476. The lowest BCUT2D eigenvalue weighted by atomic mass is 9.88. The van der Waals surface area contributed by atoms with Crippen molar-refractivity contribution >= 4 is 29.7 Å². The molecule has 150 valence electrons. The first kappa shape index (κ1) is 21.8. The Morgan fingerprint density at radius 1 is 1.39 bits per heavy atom. The summed E-state index contributed by atoms with van der Waals surface area (Å²) in [5.41, 5.74) is 0.0111. The lowest BCUT2D eigenvalue weighted by molar-refractivity contribution is -0.122. The molecule has 1 fully saturated rings. The number of carbonyl (C=O) groups is 2. The minimum absolute atomic E-state index is 0.123. The highest BCUT2D eigenvalue weighted by Crippen LogP contribution is 2.24. The maximum absolute atomic E-state index is 12.6. The summed E-state index contributed by atoms with van der Waals surface area (Å²) in [5.74, 6) is -0.252. The van der Waals surface area contributed by atoms with Crippen molar-refractivity contribution < 1.29 is 14.3 Å². The third kappa shape index (κ3) is 5.74. The van der Waals surface area contributed by atoms with Crippen LogP contribution >= 0.6 is 11.6 Å². The van der Waals surface area contributed by atoms with E-state index in [2.05, 4.69) is 18.0 Å². The summed E-state index contributed by atoms with van der Waals surface area (Å²) in [4.78, 5) is 26.3. The van der Waals surface area contributed by atoms with Gasteiger partial charge < -0.3 is 15.0 Å². The molecule has 1 N–H and O–H groups in total. The zero-order valence-electron chi connectivity index (χ0n) is 16.5. The third-order valence-electron chi connectivity index (χ3n) is 4.54. The molecule has 2 rings (SSSR count). The highest BCUT2D eigenvalue weighted by Gasteiger charge is 2.38. The van der Waals surface area contributed by atoms with E-state index in [1.54, 1.807) is 29.2 Å². The van der Waals surface area contributed by atoms with Crippen molar-refractivity contribution in [1.82, 2.24) is 10.2 Å². The Morgan fingerprint density at radius 2 is 2.04 bits per heavy atom. The minimum Gasteiger partial charge on any atom is -0.444 e. The SMILES string of the molecule is C=Cc1cc(Cl)ccc1CC(=O)NC1(C#N)CCN(C(=O)OC(C)(C)C)CC1. The van der Waals surface area contributed by atoms with Crippen molar-refractivity contribution in [2.75, 3.05) is 13.1 Å². The van der Waals surface area contributed by atoms with E-state index in [0.29, 0.717) is 31.0 Å². The molecule has 1 aromatic carbocycles. The second kappa shape index (κ2) is 8.66. The van der Waals surface area contributed by atoms with Gasteiger partial charge in [-0.3, -0.25) is 4.79 Å². The molecule has 1 heterocycles. The predicted octanol–water partition coefficient (Wildman–Crippen LogP) is 3.93. The number of rotatable bonds is 4. The zero-order chi connectivity index (χ0) is 20.9. The van der Waals surface area contributed by atoms with E-state index in [1.165, 1.54) is 0 Å². The Labute approximate surface area is 171 Å². The summed E-state index contributed by atoms with van der Waals surface area (Å²) >= 11 is 5.98. The summed E-state index contributed by atoms with van der Waals surface area (Å²) < 4.78 is 5.37. The molecule has 0 spiro atoms. The molecule has 1 saturated heterocycles. The van der Waals surface area contributed by atoms with Crippen molar-refractivity contribution in [3.63, 3.8) is 0 Å². The highest BCUT2D eigenvalue weighted by atomic mass is 35.5. The van der Waals surface area contributed by atoms with E-state index in [4.69, 9.17) is 16.3 Å². The Kier molecular flexibility index (Phi) is 6.73. The normalized spacial score (nSPS) is 16.0. The maximum atomic E-state index is 12.6. The van der Waals surface area contributed by atoms with Gasteiger partial charge in [-0.05, 0) is 44.0 Å². The zero-order valence-corrected chi connectivity index (χ0v) is 17.3. The number of ether oxygens (including phenoxy) is 1. The second-order valence-corrected chi connectivity index (χ2v) is 8.37. The lowest BCUT2D eigenvalue weighted by Gasteiger charge is -2.38. The van der Waals surface area contributed by atoms with E-state index >= 15 is 0 Å². The van der Waals surface area contributed by atoms with E-state index in [1.807, 2.05) is 20.8 Å². The molecule has 0 atom stereocenters. The maximum Gasteiger partial charge on any atom is 0.410 e. The van der Waals surface area contributed by atoms with Gasteiger partial charge in [0.1, 0.15) is 11.1 Å². The number of nitrogens with zero attached hydrogens (tertiary/aromatic N) is 2. The summed E-state index contributed by atoms with van der Waals surface area (Å²) in [6, 6.07) is 7.47. The van der Waals surface area contributed by atoms with Gasteiger partial charge in [0.05, 0.1) is 12.5 Å². The minimum atomic E-state index is -0.990. The van der Waals surface area contributed by atoms with Crippen LogP contribution in [-0.4, -0.2) is 41.1 Å². The van der Waals surface area contributed by atoms with Gasteiger partial charge in [0, 0.05) is 31.0 Å². The number of carbonyl (C=O) groups excluding carboxylic acids is 2. The lowest BCUT2D eigenvalue weighted by Crippen LogP contribution is -2.56. The summed E-state index contributed by atoms with van der Waals surface area (Å²) in [5, 5.41) is 13.1. The Morgan fingerprint density at radius 3 is 2.57 bits per heavy atom. The average Bonchev–Trinajstić information content (AvgIpc) is 2.62. The van der Waals surface area contributed by atoms with E-state index < -0.39 is 17.2 Å². The first-order chi connectivity index (χ1) is 13.1. The molecule has 0 aliphatic carbocycles. The molecule has 28 heavy (non-hydrogen) atoms. The van der Waals surface area contributed by atoms with Crippen molar-refractivity contribution in [1.29, 1.82) is 5.26 Å². The van der Waals surface area contributed by atoms with Crippen LogP contribution in [0.15, 0.2) is 24.8 Å². The van der Waals surface area contributed by atoms with E-state index in [9.17, 15) is 14.9 Å². The molecule has 2 amide bonds. The Hall–Kier alpha value is -2.52. The molecule has 0 saturated carbocycles. The van der Waals surface area contributed by atoms with Crippen LogP contribution in [0, 0.1) is 11.3 Å². The number of amides is 2. The first-order valence-electron chi connectivity index (χ1n) is 9.18. The number of benzene rings is 1. The number of nitriles is 1. The summed E-state index contributed by atoms with van der Waals surface area (Å²) in [6.45, 7) is 9.87. The summed E-state index contributed by atoms with van der Waals surface area (Å²) in [7, 11) is 0. The third-order valence-corrected chi connectivity index (χ3v) is 4.78. The average molecular weight is 404 g/mol. The van der Waals surface area contributed by atoms with Crippen LogP contribution in [0.3, 0.4) is 0 Å². The van der Waals surface area contributed by atoms with Crippen molar-refractivity contribution in [2.45, 2.75) is 51.2 Å². The summed E-state index contributed by atoms with van der Waals surface area (Å²) in [6.07, 6.45) is 2.07. The van der Waals surface area contributed by atoms with Gasteiger partial charge in [-0.25, -0.2) is 4.79 Å². The van der Waals surface area contributed by atoms with Gasteiger partial charge in [0.2, 0.25) is 5.91 Å². The van der Waals surface area contributed by atoms with Crippen LogP contribution < -0.4 is 5.32 Å². The van der Waals surface area contributed by atoms with Crippen LogP contribution in [0.25, 0.3) is 6.08 Å². The number of piperidine rings is 1. The second-order valence-electron chi connectivity index (χ2n) is 7.93. The van der Waals surface area contributed by atoms with Gasteiger partial charge in [0.15, 0.2) is 0 Å². The van der Waals surface area contributed by atoms with Crippen molar-refractivity contribution in [2.24, 2.45) is 0 Å². The number of hydrogen-bond acceptors (Lipinski definition) is 4. The van der Waals surface area contributed by atoms with Gasteiger partial charge >= 0.3 is 6.09 Å². The highest BCUT2D eigenvalue weighted by molar-refractivity contribution is 6.30. The van der Waals surface area contributed by atoms with Crippen molar-refractivity contribution in [3.05, 3.63) is 40.9 Å². The fourth-order valence-electron chi connectivity index (χ4n) is 3.06. The van der Waals surface area contributed by atoms with Crippen LogP contribution in [-0.2, 0) is 16.0 Å². The molecular weight excluding hydrogens is 378 g/mol. The monoisotopic (exact) mass is 403 g/mol. The standard InChI is InChI=1S/C21H26ClN3O3/c1-5-15-12-17(22)7-6-16(15)13-18(26)24-21(14-23)8-10-25(11-9-21)19(27)28-20(2,3)4/h5-7,12H,1,8-11,13H2,2-4H3,(H,24,26). The van der Waals surface area contributed by atoms with Crippen LogP contribution in [0.2, 0.25) is 5.02 Å². The largest absolute Gasteiger partial charge is 0.444 e. The Bertz CT molecular complexity index is 800. The van der Waals surface area contributed by atoms with Gasteiger partial charge in [-0.1, -0.05) is 30.3 Å². The number of hydrogen-bond donors (Lipinski definition) is 1. The molecule has 1 aliphatic heterocycles.